The molecular formula is C19H26F2N4O4SSi. The molecule has 0 atom stereocenters. The Morgan fingerprint density at radius 3 is 2.71 bits per heavy atom. The summed E-state index contributed by atoms with van der Waals surface area (Å²) in [7, 11) is 0.300. The number of hydrogen-bond acceptors (Lipinski definition) is 7. The molecule has 0 radical (unpaired) electrons. The molecule has 3 rings (SSSR count). The average molecular weight is 473 g/mol. The van der Waals surface area contributed by atoms with Crippen molar-refractivity contribution in [2.45, 2.75) is 46.0 Å². The molecule has 3 aromatic rings. The molecule has 8 nitrogen and oxygen atoms in total. The molecule has 12 heteroatoms. The van der Waals surface area contributed by atoms with E-state index in [9.17, 15) is 13.6 Å². The van der Waals surface area contributed by atoms with Crippen LogP contribution in [0, 0.1) is 0 Å². The largest absolute Gasteiger partial charge is 0.461 e. The molecule has 0 aliphatic heterocycles. The number of nitrogens with zero attached hydrogens (tertiary/aromatic N) is 4. The molecule has 3 aromatic heterocycles. The summed E-state index contributed by atoms with van der Waals surface area (Å²) in [4.78, 5) is 17.3. The minimum atomic E-state index is -3.05. The molecule has 31 heavy (non-hydrogen) atoms. The van der Waals surface area contributed by atoms with Gasteiger partial charge in [-0.3, -0.25) is 9.25 Å². The summed E-state index contributed by atoms with van der Waals surface area (Å²) < 4.78 is 45.3. The van der Waals surface area contributed by atoms with E-state index in [2.05, 4.69) is 34.5 Å². The van der Waals surface area contributed by atoms with Gasteiger partial charge in [0.05, 0.1) is 22.4 Å². The van der Waals surface area contributed by atoms with Gasteiger partial charge in [0.1, 0.15) is 12.4 Å². The molecule has 0 N–H and O–H groups in total. The first-order valence-electron chi connectivity index (χ1n) is 9.81. The van der Waals surface area contributed by atoms with E-state index >= 15 is 0 Å². The van der Waals surface area contributed by atoms with Crippen molar-refractivity contribution in [2.75, 3.05) is 13.2 Å². The molecule has 0 spiro atoms. The van der Waals surface area contributed by atoms with Crippen LogP contribution in [0.25, 0.3) is 21.5 Å². The molecule has 0 aliphatic carbocycles. The van der Waals surface area contributed by atoms with Gasteiger partial charge in [0.15, 0.2) is 5.65 Å². The normalized spacial score (nSPS) is 12.1. The summed E-state index contributed by atoms with van der Waals surface area (Å²) in [5.41, 5.74) is 2.99. The van der Waals surface area contributed by atoms with Crippen LogP contribution in [-0.4, -0.2) is 53.2 Å². The van der Waals surface area contributed by atoms with Crippen molar-refractivity contribution >= 4 is 35.7 Å². The van der Waals surface area contributed by atoms with Gasteiger partial charge >= 0.3 is 12.6 Å². The SMILES string of the molecule is CCOC(=O)c1c(-c2cn(C)nc2OC(F)F)c2scnc2n1COCC[Si](C)(C)C. The maximum atomic E-state index is 13.0. The lowest BCUT2D eigenvalue weighted by Gasteiger charge is -2.16. The lowest BCUT2D eigenvalue weighted by Crippen LogP contribution is -2.22. The van der Waals surface area contributed by atoms with Gasteiger partial charge in [-0.2, -0.15) is 8.78 Å². The highest BCUT2D eigenvalue weighted by atomic mass is 32.1. The number of carbonyl (C=O) groups is 1. The van der Waals surface area contributed by atoms with Crippen molar-refractivity contribution in [2.24, 2.45) is 7.05 Å². The van der Waals surface area contributed by atoms with Crippen LogP contribution >= 0.6 is 11.3 Å². The zero-order valence-corrected chi connectivity index (χ0v) is 20.0. The molecule has 0 unspecified atom stereocenters. The zero-order valence-electron chi connectivity index (χ0n) is 18.1. The predicted octanol–water partition coefficient (Wildman–Crippen LogP) is 4.59. The second kappa shape index (κ2) is 9.45. The van der Waals surface area contributed by atoms with E-state index in [1.54, 1.807) is 24.0 Å². The van der Waals surface area contributed by atoms with E-state index in [0.29, 0.717) is 22.5 Å². The van der Waals surface area contributed by atoms with Crippen LogP contribution in [0.15, 0.2) is 11.7 Å². The molecule has 3 heterocycles. The molecule has 0 bridgehead atoms. The minimum Gasteiger partial charge on any atom is -0.461 e. The van der Waals surface area contributed by atoms with Crippen LogP contribution < -0.4 is 4.74 Å². The van der Waals surface area contributed by atoms with Crippen LogP contribution in [-0.2, 0) is 23.3 Å². The summed E-state index contributed by atoms with van der Waals surface area (Å²) in [6.45, 7) is 6.19. The second-order valence-corrected chi connectivity index (χ2v) is 14.6. The first kappa shape index (κ1) is 23.4. The van der Waals surface area contributed by atoms with Gasteiger partial charge in [0.25, 0.3) is 0 Å². The molecule has 0 fully saturated rings. The molecule has 0 aromatic carbocycles. The Morgan fingerprint density at radius 1 is 1.32 bits per heavy atom. The first-order valence-corrected chi connectivity index (χ1v) is 14.4. The predicted molar refractivity (Wildman–Crippen MR) is 117 cm³/mol. The Kier molecular flexibility index (Phi) is 7.12. The first-order chi connectivity index (χ1) is 14.6. The summed E-state index contributed by atoms with van der Waals surface area (Å²) >= 11 is 1.29. The highest BCUT2D eigenvalue weighted by molar-refractivity contribution is 7.17. The van der Waals surface area contributed by atoms with Gasteiger partial charge in [-0.25, -0.2) is 9.78 Å². The summed E-state index contributed by atoms with van der Waals surface area (Å²) in [6.07, 6.45) is 1.53. The van der Waals surface area contributed by atoms with Crippen LogP contribution in [0.4, 0.5) is 8.78 Å². The Labute approximate surface area is 183 Å². The Morgan fingerprint density at radius 2 is 2.06 bits per heavy atom. The van der Waals surface area contributed by atoms with Gasteiger partial charge in [-0.05, 0) is 13.0 Å². The number of halogens is 2. The summed E-state index contributed by atoms with van der Waals surface area (Å²) in [6, 6.07) is 0.963. The van der Waals surface area contributed by atoms with Crippen molar-refractivity contribution in [3.8, 4) is 17.0 Å². The number of fused-ring (bicyclic) bond motifs is 1. The fourth-order valence-electron chi connectivity index (χ4n) is 3.08. The van der Waals surface area contributed by atoms with Gasteiger partial charge in [-0.1, -0.05) is 19.6 Å². The van der Waals surface area contributed by atoms with Crippen molar-refractivity contribution in [3.05, 3.63) is 17.4 Å². The van der Waals surface area contributed by atoms with Crippen molar-refractivity contribution in [1.29, 1.82) is 0 Å². The number of ether oxygens (including phenoxy) is 3. The van der Waals surface area contributed by atoms with Crippen LogP contribution in [0.5, 0.6) is 5.88 Å². The van der Waals surface area contributed by atoms with E-state index in [1.165, 1.54) is 22.2 Å². The number of esters is 1. The Hall–Kier alpha value is -2.31. The molecule has 0 saturated carbocycles. The topological polar surface area (TPSA) is 80.4 Å². The van der Waals surface area contributed by atoms with E-state index in [0.717, 1.165) is 6.04 Å². The highest BCUT2D eigenvalue weighted by Gasteiger charge is 2.30. The van der Waals surface area contributed by atoms with Crippen LogP contribution in [0.3, 0.4) is 0 Å². The number of thiazole rings is 1. The third kappa shape index (κ3) is 5.30. The van der Waals surface area contributed by atoms with Crippen molar-refractivity contribution in [3.63, 3.8) is 0 Å². The lowest BCUT2D eigenvalue weighted by molar-refractivity contribution is -0.0527. The molecule has 0 saturated heterocycles. The number of carbonyl (C=O) groups excluding carboxylic acids is 1. The van der Waals surface area contributed by atoms with E-state index in [1.807, 2.05) is 0 Å². The number of hydrogen-bond donors (Lipinski definition) is 0. The van der Waals surface area contributed by atoms with Gasteiger partial charge in [-0.15, -0.1) is 16.4 Å². The monoisotopic (exact) mass is 472 g/mol. The van der Waals surface area contributed by atoms with E-state index in [4.69, 9.17) is 9.47 Å². The van der Waals surface area contributed by atoms with Gasteiger partial charge < -0.3 is 14.2 Å². The Bertz CT molecular complexity index is 1060. The maximum absolute atomic E-state index is 13.0. The van der Waals surface area contributed by atoms with Crippen molar-refractivity contribution < 1.29 is 27.8 Å². The third-order valence-electron chi connectivity index (χ3n) is 4.49. The molecule has 0 amide bonds. The molecule has 0 aliphatic rings. The fourth-order valence-corrected chi connectivity index (χ4v) is 4.69. The van der Waals surface area contributed by atoms with E-state index in [-0.39, 0.29) is 30.5 Å². The number of aryl methyl sites for hydroxylation is 1. The highest BCUT2D eigenvalue weighted by Crippen LogP contribution is 2.41. The molecule has 170 valence electrons. The van der Waals surface area contributed by atoms with Gasteiger partial charge in [0.2, 0.25) is 5.88 Å². The Balaban J connectivity index is 2.10. The summed E-state index contributed by atoms with van der Waals surface area (Å²) in [5, 5.41) is 3.99. The second-order valence-electron chi connectivity index (χ2n) is 8.13. The zero-order chi connectivity index (χ0) is 22.8. The maximum Gasteiger partial charge on any atom is 0.388 e. The van der Waals surface area contributed by atoms with E-state index < -0.39 is 20.7 Å². The van der Waals surface area contributed by atoms with Crippen LogP contribution in [0.2, 0.25) is 25.7 Å². The van der Waals surface area contributed by atoms with Crippen molar-refractivity contribution in [1.82, 2.24) is 19.3 Å². The third-order valence-corrected chi connectivity index (χ3v) is 7.03. The fraction of sp³-hybridized carbons (Fsp3) is 0.526. The minimum absolute atomic E-state index is 0.0875. The average Bonchev–Trinajstić information content (AvgIpc) is 3.32. The standard InChI is InChI=1S/C19H26F2N4O4SSi/c1-6-28-18(26)14-13(12-9-24(2)23-17(12)29-19(20)21)15-16(22-10-30-15)25(14)11-27-7-8-31(3,4)5/h9-10,19H,6-8,11H2,1-5H3. The number of alkyl halides is 2. The number of aromatic nitrogens is 4. The van der Waals surface area contributed by atoms with Crippen LogP contribution in [0.1, 0.15) is 17.4 Å². The van der Waals surface area contributed by atoms with Gasteiger partial charge in [0, 0.05) is 33.5 Å². The smallest absolute Gasteiger partial charge is 0.388 e. The summed E-state index contributed by atoms with van der Waals surface area (Å²) in [5.74, 6) is -0.863. The molecular weight excluding hydrogens is 446 g/mol. The quantitative estimate of drug-likeness (QED) is 0.244. The number of rotatable bonds is 10. The lowest BCUT2D eigenvalue weighted by atomic mass is 10.1.